The molecule has 0 aliphatic carbocycles. The molecule has 0 atom stereocenters. The Balaban J connectivity index is 0. The van der Waals surface area contributed by atoms with E-state index in [4.69, 9.17) is 0 Å². The van der Waals surface area contributed by atoms with Crippen molar-refractivity contribution in [3.05, 3.63) is 30.6 Å². The molecule has 0 amide bonds. The third kappa shape index (κ3) is 3.95. The third-order valence-electron chi connectivity index (χ3n) is 0.566. The molecular weight excluding hydrogens is 187 g/mol. The predicted molar refractivity (Wildman–Crippen MR) is 31.0 cm³/mol. The molecule has 0 aliphatic heterocycles. The summed E-state index contributed by atoms with van der Waals surface area (Å²) in [5.41, 5.74) is 0. The van der Waals surface area contributed by atoms with Crippen LogP contribution in [0.3, 0.4) is 0 Å². The molecule has 0 unspecified atom stereocenters. The molecule has 0 aromatic carbocycles. The van der Waals surface area contributed by atoms with Crippen molar-refractivity contribution in [2.24, 2.45) is 0 Å². The van der Waals surface area contributed by atoms with E-state index in [-0.39, 0.29) is 26.9 Å². The fourth-order valence-corrected chi connectivity index (χ4v) is 0.313. The van der Waals surface area contributed by atoms with Crippen LogP contribution in [0.2, 0.25) is 0 Å². The van der Waals surface area contributed by atoms with Crippen LogP contribution in [0.5, 0.6) is 0 Å². The summed E-state index contributed by atoms with van der Waals surface area (Å²) in [6.45, 7) is 0. The van der Waals surface area contributed by atoms with Crippen molar-refractivity contribution in [3.63, 3.8) is 0 Å². The predicted octanol–water partition coefficient (Wildman–Crippen LogP) is 1.72. The molecule has 1 aromatic rings. The Morgan fingerprint density at radius 1 is 0.875 bits per heavy atom. The summed E-state index contributed by atoms with van der Waals surface area (Å²) in [5, 5.41) is 0. The SMILES string of the molecule is C.[Ru].c1ccncc1. The summed E-state index contributed by atoms with van der Waals surface area (Å²) in [7, 11) is 0. The first-order chi connectivity index (χ1) is 3.00. The van der Waals surface area contributed by atoms with Crippen LogP contribution in [0.15, 0.2) is 30.6 Å². The summed E-state index contributed by atoms with van der Waals surface area (Å²) >= 11 is 0. The second kappa shape index (κ2) is 6.77. The first kappa shape index (κ1) is 10.7. The Morgan fingerprint density at radius 2 is 1.38 bits per heavy atom. The molecule has 1 nitrogen and oxygen atoms in total. The fraction of sp³-hybridized carbons (Fsp3) is 0.167. The van der Waals surface area contributed by atoms with Gasteiger partial charge in [0.15, 0.2) is 0 Å². The summed E-state index contributed by atoms with van der Waals surface area (Å²) in [4.78, 5) is 3.78. The van der Waals surface area contributed by atoms with Crippen molar-refractivity contribution >= 4 is 0 Å². The molecule has 0 radical (unpaired) electrons. The molecule has 0 fully saturated rings. The van der Waals surface area contributed by atoms with Gasteiger partial charge in [0.1, 0.15) is 0 Å². The van der Waals surface area contributed by atoms with E-state index in [1.54, 1.807) is 12.4 Å². The topological polar surface area (TPSA) is 12.9 Å². The molecule has 1 rings (SSSR count). The molecule has 0 aliphatic rings. The van der Waals surface area contributed by atoms with Crippen LogP contribution in [0.1, 0.15) is 7.43 Å². The zero-order chi connectivity index (χ0) is 4.24. The van der Waals surface area contributed by atoms with E-state index < -0.39 is 0 Å². The second-order valence-electron chi connectivity index (χ2n) is 1.02. The number of hydrogen-bond acceptors (Lipinski definition) is 1. The van der Waals surface area contributed by atoms with Crippen molar-refractivity contribution in [2.75, 3.05) is 0 Å². The van der Waals surface area contributed by atoms with Crippen LogP contribution in [0.4, 0.5) is 0 Å². The molecule has 0 spiro atoms. The molecule has 8 heavy (non-hydrogen) atoms. The van der Waals surface area contributed by atoms with Crippen molar-refractivity contribution in [1.82, 2.24) is 4.98 Å². The smallest absolute Gasteiger partial charge is 0.0267 e. The maximum Gasteiger partial charge on any atom is 0.0267 e. The van der Waals surface area contributed by atoms with Crippen LogP contribution in [0.25, 0.3) is 0 Å². The monoisotopic (exact) mass is 197 g/mol. The van der Waals surface area contributed by atoms with Crippen LogP contribution >= 0.6 is 0 Å². The Morgan fingerprint density at radius 3 is 1.50 bits per heavy atom. The van der Waals surface area contributed by atoms with Crippen LogP contribution in [-0.2, 0) is 19.5 Å². The van der Waals surface area contributed by atoms with E-state index in [9.17, 15) is 0 Å². The van der Waals surface area contributed by atoms with Gasteiger partial charge in [-0.1, -0.05) is 13.5 Å². The number of rotatable bonds is 0. The Labute approximate surface area is 62.9 Å². The van der Waals surface area contributed by atoms with Gasteiger partial charge in [0, 0.05) is 31.9 Å². The molecule has 2 heteroatoms. The van der Waals surface area contributed by atoms with Crippen molar-refractivity contribution in [2.45, 2.75) is 7.43 Å². The van der Waals surface area contributed by atoms with Gasteiger partial charge in [0.2, 0.25) is 0 Å². The van der Waals surface area contributed by atoms with E-state index in [1.165, 1.54) is 0 Å². The van der Waals surface area contributed by atoms with E-state index in [0.717, 1.165) is 0 Å². The van der Waals surface area contributed by atoms with Crippen molar-refractivity contribution < 1.29 is 19.5 Å². The van der Waals surface area contributed by atoms with E-state index in [1.807, 2.05) is 18.2 Å². The third-order valence-corrected chi connectivity index (χ3v) is 0.566. The molecule has 1 aromatic heterocycles. The number of aromatic nitrogens is 1. The zero-order valence-corrected chi connectivity index (χ0v) is 5.43. The summed E-state index contributed by atoms with van der Waals surface area (Å²) < 4.78 is 0. The van der Waals surface area contributed by atoms with Crippen molar-refractivity contribution in [3.8, 4) is 0 Å². The van der Waals surface area contributed by atoms with Gasteiger partial charge in [-0.25, -0.2) is 0 Å². The van der Waals surface area contributed by atoms with Gasteiger partial charge in [-0.05, 0) is 12.1 Å². The Bertz CT molecular complexity index is 80.5. The molecular formula is C6H9NRu. The quantitative estimate of drug-likeness (QED) is 0.576. The standard InChI is InChI=1S/C5H5N.CH4.Ru/c1-2-4-6-5-3-1;;/h1-5H;1H4;. The molecule has 46 valence electrons. The van der Waals surface area contributed by atoms with Crippen LogP contribution < -0.4 is 0 Å². The van der Waals surface area contributed by atoms with Gasteiger partial charge < -0.3 is 0 Å². The summed E-state index contributed by atoms with van der Waals surface area (Å²) in [6.07, 6.45) is 3.50. The van der Waals surface area contributed by atoms with Gasteiger partial charge in [-0.15, -0.1) is 0 Å². The average molecular weight is 196 g/mol. The number of nitrogens with zero attached hydrogens (tertiary/aromatic N) is 1. The first-order valence-electron chi connectivity index (χ1n) is 1.85. The molecule has 1 heterocycles. The van der Waals surface area contributed by atoms with Crippen molar-refractivity contribution in [1.29, 1.82) is 0 Å². The van der Waals surface area contributed by atoms with Gasteiger partial charge in [0.25, 0.3) is 0 Å². The van der Waals surface area contributed by atoms with E-state index >= 15 is 0 Å². The van der Waals surface area contributed by atoms with Gasteiger partial charge in [0.05, 0.1) is 0 Å². The molecule has 0 saturated carbocycles. The molecule has 0 bridgehead atoms. The maximum absolute atomic E-state index is 3.78. The largest absolute Gasteiger partial charge is 0.265 e. The van der Waals surface area contributed by atoms with Gasteiger partial charge in [-0.2, -0.15) is 0 Å². The average Bonchev–Trinajstić information content (AvgIpc) is 1.72. The normalized spacial score (nSPS) is 6.00. The Hall–Kier alpha value is -0.227. The summed E-state index contributed by atoms with van der Waals surface area (Å²) in [5.74, 6) is 0. The number of pyridine rings is 1. The van der Waals surface area contributed by atoms with Crippen LogP contribution in [0, 0.1) is 0 Å². The molecule has 0 saturated heterocycles. The Kier molecular flexibility index (Phi) is 9.06. The van der Waals surface area contributed by atoms with Gasteiger partial charge >= 0.3 is 0 Å². The second-order valence-corrected chi connectivity index (χ2v) is 1.02. The minimum atomic E-state index is 0. The van der Waals surface area contributed by atoms with E-state index in [0.29, 0.717) is 0 Å². The number of hydrogen-bond donors (Lipinski definition) is 0. The van der Waals surface area contributed by atoms with Crippen LogP contribution in [-0.4, -0.2) is 4.98 Å². The van der Waals surface area contributed by atoms with E-state index in [2.05, 4.69) is 4.98 Å². The molecule has 0 N–H and O–H groups in total. The first-order valence-corrected chi connectivity index (χ1v) is 1.85. The minimum absolute atomic E-state index is 0. The maximum atomic E-state index is 3.78. The van der Waals surface area contributed by atoms with Gasteiger partial charge in [-0.3, -0.25) is 4.98 Å². The summed E-state index contributed by atoms with van der Waals surface area (Å²) in [6, 6.07) is 5.72. The fourth-order valence-electron chi connectivity index (χ4n) is 0.313. The zero-order valence-electron chi connectivity index (χ0n) is 3.69. The minimum Gasteiger partial charge on any atom is -0.265 e.